The molecule has 3 rings (SSSR count). The van der Waals surface area contributed by atoms with Crippen LogP contribution < -0.4 is 14.4 Å². The predicted molar refractivity (Wildman–Crippen MR) is 75.9 cm³/mol. The molecule has 0 N–H and O–H groups in total. The molecular formula is C13H21N5O3. The molecule has 116 valence electrons. The average molecular weight is 295 g/mol. The molecule has 8 heteroatoms. The van der Waals surface area contributed by atoms with Crippen LogP contribution in [0.3, 0.4) is 0 Å². The molecule has 0 saturated carbocycles. The van der Waals surface area contributed by atoms with Crippen LogP contribution in [0.15, 0.2) is 0 Å². The van der Waals surface area contributed by atoms with Gasteiger partial charge in [0.2, 0.25) is 5.95 Å². The van der Waals surface area contributed by atoms with E-state index >= 15 is 0 Å². The van der Waals surface area contributed by atoms with Crippen molar-refractivity contribution in [2.24, 2.45) is 0 Å². The highest BCUT2D eigenvalue weighted by Gasteiger charge is 2.30. The van der Waals surface area contributed by atoms with E-state index in [2.05, 4.69) is 24.8 Å². The van der Waals surface area contributed by atoms with Gasteiger partial charge in [0.1, 0.15) is 0 Å². The van der Waals surface area contributed by atoms with Gasteiger partial charge in [-0.1, -0.05) is 0 Å². The Hall–Kier alpha value is -1.67. The first-order chi connectivity index (χ1) is 10.3. The Morgan fingerprint density at radius 1 is 1.00 bits per heavy atom. The lowest BCUT2D eigenvalue weighted by atomic mass is 10.2. The Morgan fingerprint density at radius 3 is 2.29 bits per heavy atom. The SMILES string of the molecule is COc1nc(OC)nc(N2CCC(N3CCOCC3)C2)n1. The number of nitrogens with zero attached hydrogens (tertiary/aromatic N) is 5. The zero-order valence-corrected chi connectivity index (χ0v) is 12.5. The number of hydrogen-bond acceptors (Lipinski definition) is 8. The fourth-order valence-corrected chi connectivity index (χ4v) is 2.82. The van der Waals surface area contributed by atoms with Gasteiger partial charge in [0.05, 0.1) is 27.4 Å². The molecule has 2 aliphatic rings. The molecule has 0 amide bonds. The van der Waals surface area contributed by atoms with E-state index in [1.807, 2.05) is 0 Å². The second-order valence-corrected chi connectivity index (χ2v) is 5.15. The van der Waals surface area contributed by atoms with Crippen LogP contribution >= 0.6 is 0 Å². The van der Waals surface area contributed by atoms with E-state index in [0.717, 1.165) is 45.8 Å². The van der Waals surface area contributed by atoms with Crippen LogP contribution in [0.5, 0.6) is 12.0 Å². The predicted octanol–water partition coefficient (Wildman–Crippen LogP) is -0.200. The minimum atomic E-state index is 0.284. The quantitative estimate of drug-likeness (QED) is 0.756. The summed E-state index contributed by atoms with van der Waals surface area (Å²) in [5, 5.41) is 0. The van der Waals surface area contributed by atoms with Crippen molar-refractivity contribution in [1.82, 2.24) is 19.9 Å². The maximum absolute atomic E-state index is 5.41. The normalized spacial score (nSPS) is 23.3. The Bertz CT molecular complexity index is 459. The zero-order chi connectivity index (χ0) is 14.7. The third-order valence-electron chi connectivity index (χ3n) is 3.96. The van der Waals surface area contributed by atoms with Gasteiger partial charge < -0.3 is 19.1 Å². The fourth-order valence-electron chi connectivity index (χ4n) is 2.82. The molecule has 1 aromatic heterocycles. The molecule has 1 aromatic rings. The summed E-state index contributed by atoms with van der Waals surface area (Å²) < 4.78 is 15.6. The van der Waals surface area contributed by atoms with Crippen molar-refractivity contribution in [2.75, 3.05) is 58.5 Å². The van der Waals surface area contributed by atoms with Crippen molar-refractivity contribution >= 4 is 5.95 Å². The van der Waals surface area contributed by atoms with E-state index in [1.165, 1.54) is 0 Å². The van der Waals surface area contributed by atoms with E-state index in [9.17, 15) is 0 Å². The summed E-state index contributed by atoms with van der Waals surface area (Å²) >= 11 is 0. The lowest BCUT2D eigenvalue weighted by molar-refractivity contribution is 0.0209. The average Bonchev–Trinajstić information content (AvgIpc) is 3.05. The lowest BCUT2D eigenvalue weighted by Crippen LogP contribution is -2.44. The number of ether oxygens (including phenoxy) is 3. The topological polar surface area (TPSA) is 72.8 Å². The molecule has 0 spiro atoms. The Balaban J connectivity index is 1.70. The summed E-state index contributed by atoms with van der Waals surface area (Å²) in [5.74, 6) is 0.620. The third-order valence-corrected chi connectivity index (χ3v) is 3.96. The van der Waals surface area contributed by atoms with Gasteiger partial charge in [-0.3, -0.25) is 4.90 Å². The molecule has 2 saturated heterocycles. The lowest BCUT2D eigenvalue weighted by Gasteiger charge is -2.32. The summed E-state index contributed by atoms with van der Waals surface area (Å²) in [7, 11) is 3.08. The van der Waals surface area contributed by atoms with E-state index in [4.69, 9.17) is 14.2 Å². The summed E-state index contributed by atoms with van der Waals surface area (Å²) in [5.41, 5.74) is 0. The number of rotatable bonds is 4. The number of methoxy groups -OCH3 is 2. The highest BCUT2D eigenvalue weighted by atomic mass is 16.5. The van der Waals surface area contributed by atoms with Gasteiger partial charge in [0.15, 0.2) is 0 Å². The molecule has 8 nitrogen and oxygen atoms in total. The number of hydrogen-bond donors (Lipinski definition) is 0. The summed E-state index contributed by atoms with van der Waals surface area (Å²) in [4.78, 5) is 17.3. The van der Waals surface area contributed by atoms with E-state index < -0.39 is 0 Å². The number of morpholine rings is 1. The van der Waals surface area contributed by atoms with Crippen LogP contribution in [0.2, 0.25) is 0 Å². The van der Waals surface area contributed by atoms with Crippen molar-refractivity contribution in [3.63, 3.8) is 0 Å². The number of aromatic nitrogens is 3. The summed E-state index contributed by atoms with van der Waals surface area (Å²) in [6, 6.07) is 1.10. The van der Waals surface area contributed by atoms with Crippen LogP contribution in [0, 0.1) is 0 Å². The van der Waals surface area contributed by atoms with Gasteiger partial charge in [0.25, 0.3) is 0 Å². The maximum atomic E-state index is 5.41. The molecule has 21 heavy (non-hydrogen) atoms. The highest BCUT2D eigenvalue weighted by molar-refractivity contribution is 5.34. The van der Waals surface area contributed by atoms with Crippen LogP contribution in [0.4, 0.5) is 5.95 Å². The number of anilines is 1. The third kappa shape index (κ3) is 3.16. The second-order valence-electron chi connectivity index (χ2n) is 5.15. The van der Waals surface area contributed by atoms with Gasteiger partial charge >= 0.3 is 12.0 Å². The zero-order valence-electron chi connectivity index (χ0n) is 12.5. The highest BCUT2D eigenvalue weighted by Crippen LogP contribution is 2.23. The van der Waals surface area contributed by atoms with Crippen molar-refractivity contribution in [3.8, 4) is 12.0 Å². The first kappa shape index (κ1) is 14.3. The van der Waals surface area contributed by atoms with Gasteiger partial charge in [-0.15, -0.1) is 4.98 Å². The fraction of sp³-hybridized carbons (Fsp3) is 0.769. The van der Waals surface area contributed by atoms with Crippen molar-refractivity contribution < 1.29 is 14.2 Å². The van der Waals surface area contributed by atoms with E-state index in [1.54, 1.807) is 14.2 Å². The first-order valence-corrected chi connectivity index (χ1v) is 7.21. The van der Waals surface area contributed by atoms with Crippen LogP contribution in [-0.4, -0.2) is 79.5 Å². The first-order valence-electron chi connectivity index (χ1n) is 7.21. The Kier molecular flexibility index (Phi) is 4.35. The molecule has 3 heterocycles. The summed E-state index contributed by atoms with van der Waals surface area (Å²) in [6.45, 7) is 5.49. The van der Waals surface area contributed by atoms with Gasteiger partial charge in [-0.25, -0.2) is 0 Å². The second kappa shape index (κ2) is 6.40. The Labute approximate surface area is 124 Å². The van der Waals surface area contributed by atoms with Gasteiger partial charge in [-0.2, -0.15) is 9.97 Å². The molecule has 0 aromatic carbocycles. The van der Waals surface area contributed by atoms with Crippen molar-refractivity contribution in [3.05, 3.63) is 0 Å². The minimum Gasteiger partial charge on any atom is -0.467 e. The molecule has 0 radical (unpaired) electrons. The smallest absolute Gasteiger partial charge is 0.324 e. The van der Waals surface area contributed by atoms with E-state index in [0.29, 0.717) is 12.0 Å². The van der Waals surface area contributed by atoms with Crippen LogP contribution in [0.25, 0.3) is 0 Å². The van der Waals surface area contributed by atoms with Gasteiger partial charge in [-0.05, 0) is 6.42 Å². The molecular weight excluding hydrogens is 274 g/mol. The Morgan fingerprint density at radius 2 is 1.67 bits per heavy atom. The molecule has 2 fully saturated rings. The van der Waals surface area contributed by atoms with E-state index in [-0.39, 0.29) is 12.0 Å². The van der Waals surface area contributed by atoms with Crippen LogP contribution in [-0.2, 0) is 4.74 Å². The standard InChI is InChI=1S/C13H21N5O3/c1-19-12-14-11(15-13(16-12)20-2)18-4-3-10(9-18)17-5-7-21-8-6-17/h10H,3-9H2,1-2H3. The summed E-state index contributed by atoms with van der Waals surface area (Å²) in [6.07, 6.45) is 1.11. The molecule has 1 unspecified atom stereocenters. The molecule has 0 bridgehead atoms. The monoisotopic (exact) mass is 295 g/mol. The van der Waals surface area contributed by atoms with Crippen molar-refractivity contribution in [2.45, 2.75) is 12.5 Å². The molecule has 2 aliphatic heterocycles. The largest absolute Gasteiger partial charge is 0.467 e. The molecule has 0 aliphatic carbocycles. The minimum absolute atomic E-state index is 0.284. The van der Waals surface area contributed by atoms with Crippen LogP contribution in [0.1, 0.15) is 6.42 Å². The maximum Gasteiger partial charge on any atom is 0.324 e. The van der Waals surface area contributed by atoms with Crippen molar-refractivity contribution in [1.29, 1.82) is 0 Å². The van der Waals surface area contributed by atoms with Gasteiger partial charge in [0, 0.05) is 32.2 Å². The molecule has 1 atom stereocenters.